The van der Waals surface area contributed by atoms with E-state index in [9.17, 15) is 8.78 Å². The monoisotopic (exact) mass is 706 g/mol. The largest absolute Gasteiger partial charge is 0.586 e. The molecule has 0 unspecified atom stereocenters. The Balaban J connectivity index is 1.88. The van der Waals surface area contributed by atoms with Crippen LogP contribution in [0.15, 0.2) is 60.7 Å². The zero-order valence-corrected chi connectivity index (χ0v) is 27.1. The van der Waals surface area contributed by atoms with Crippen molar-refractivity contribution in [2.45, 2.75) is 38.4 Å². The molecule has 10 heteroatoms. The smallest absolute Gasteiger partial charge is 0.496 e. The zero-order valence-electron chi connectivity index (χ0n) is 24.0. The van der Waals surface area contributed by atoms with Crippen molar-refractivity contribution in [1.29, 1.82) is 0 Å². The van der Waals surface area contributed by atoms with Gasteiger partial charge in [0.2, 0.25) is 5.75 Å². The summed E-state index contributed by atoms with van der Waals surface area (Å²) in [4.78, 5) is 0. The molecule has 0 fully saturated rings. The fourth-order valence-corrected chi connectivity index (χ4v) is 9.77. The summed E-state index contributed by atoms with van der Waals surface area (Å²) in [6, 6.07) is 17.6. The lowest BCUT2D eigenvalue weighted by atomic mass is 10.1. The number of aryl methyl sites for hydroxylation is 4. The topological polar surface area (TPSA) is 63.2 Å². The number of halogens is 3. The number of para-hydroxylation sites is 1. The Kier molecular flexibility index (Phi) is 8.20. The molecule has 4 aromatic carbocycles. The lowest BCUT2D eigenvalue weighted by Gasteiger charge is -2.26. The second-order valence-electron chi connectivity index (χ2n) is 10.1. The number of alkyl halides is 3. The van der Waals surface area contributed by atoms with Crippen LogP contribution in [0.4, 0.5) is 8.78 Å². The van der Waals surface area contributed by atoms with E-state index in [0.29, 0.717) is 38.7 Å². The molecule has 0 N–H and O–H groups in total. The van der Waals surface area contributed by atoms with Gasteiger partial charge in [-0.25, -0.2) is 0 Å². The second-order valence-corrected chi connectivity index (χ2v) is 13.6. The first kappa shape index (κ1) is 30.2. The van der Waals surface area contributed by atoms with E-state index in [2.05, 4.69) is 22.6 Å². The molecule has 220 valence electrons. The van der Waals surface area contributed by atoms with Crippen molar-refractivity contribution >= 4 is 45.6 Å². The lowest BCUT2D eigenvalue weighted by Crippen LogP contribution is -2.29. The molecule has 0 saturated heterocycles. The number of rotatable bonds is 8. The molecule has 1 heterocycles. The van der Waals surface area contributed by atoms with E-state index in [-0.39, 0.29) is 21.7 Å². The van der Waals surface area contributed by atoms with Gasteiger partial charge in [0.25, 0.3) is 0 Å². The molecule has 0 bridgehead atoms. The van der Waals surface area contributed by atoms with Crippen LogP contribution in [0.3, 0.4) is 0 Å². The normalized spacial score (nSPS) is 13.6. The van der Waals surface area contributed by atoms with E-state index in [1.807, 2.05) is 58.0 Å². The molecule has 0 aromatic heterocycles. The van der Waals surface area contributed by atoms with Crippen molar-refractivity contribution in [3.8, 4) is 34.5 Å². The van der Waals surface area contributed by atoms with Crippen LogP contribution in [-0.2, 0) is 8.99 Å². The standard InChI is InChI=1S/C32H30F2IO6P/c1-18-12-23(13-19(2)28(18)37-5)42(36,24-14-20(3)29(38-6)21(4)15-24)27-16-26(39-22-10-8-7-9-11-22)31-30(25(27)17-35)40-32(33,34)41-31/h7-16H,17H2,1-6H3. The van der Waals surface area contributed by atoms with E-state index < -0.39 is 13.4 Å². The average Bonchev–Trinajstić information content (AvgIpc) is 3.27. The summed E-state index contributed by atoms with van der Waals surface area (Å²) in [5.41, 5.74) is 3.50. The number of benzene rings is 4. The highest BCUT2D eigenvalue weighted by molar-refractivity contribution is 14.1. The first-order valence-electron chi connectivity index (χ1n) is 13.1. The third-order valence-corrected chi connectivity index (χ3v) is 11.0. The summed E-state index contributed by atoms with van der Waals surface area (Å²) < 4.78 is 72.7. The van der Waals surface area contributed by atoms with Crippen molar-refractivity contribution in [2.24, 2.45) is 0 Å². The lowest BCUT2D eigenvalue weighted by molar-refractivity contribution is -0.287. The molecule has 1 aliphatic heterocycles. The van der Waals surface area contributed by atoms with Crippen molar-refractivity contribution < 1.29 is 37.0 Å². The molecular weight excluding hydrogens is 676 g/mol. The first-order valence-corrected chi connectivity index (χ1v) is 16.3. The summed E-state index contributed by atoms with van der Waals surface area (Å²) >= 11 is 2.07. The van der Waals surface area contributed by atoms with Gasteiger partial charge in [0.15, 0.2) is 18.6 Å². The van der Waals surface area contributed by atoms with Gasteiger partial charge >= 0.3 is 6.29 Å². The molecular formula is C32H30F2IO6P. The Morgan fingerprint density at radius 3 is 1.71 bits per heavy atom. The van der Waals surface area contributed by atoms with Crippen molar-refractivity contribution in [1.82, 2.24) is 0 Å². The highest BCUT2D eigenvalue weighted by atomic mass is 127. The quantitative estimate of drug-likeness (QED) is 0.107. The second kappa shape index (κ2) is 11.4. The van der Waals surface area contributed by atoms with Crippen LogP contribution in [0, 0.1) is 27.7 Å². The van der Waals surface area contributed by atoms with Crippen LogP contribution in [-0.4, -0.2) is 20.5 Å². The molecule has 5 rings (SSSR count). The molecule has 1 aliphatic rings. The van der Waals surface area contributed by atoms with Gasteiger partial charge in [-0.15, -0.1) is 8.78 Å². The molecule has 0 amide bonds. The Hall–Kier alpha value is -3.30. The minimum atomic E-state index is -3.92. The van der Waals surface area contributed by atoms with Crippen LogP contribution in [0.1, 0.15) is 27.8 Å². The number of ether oxygens (including phenoxy) is 5. The maximum absolute atomic E-state index is 15.9. The van der Waals surface area contributed by atoms with Crippen molar-refractivity contribution in [3.05, 3.63) is 88.5 Å². The Labute approximate surface area is 257 Å². The van der Waals surface area contributed by atoms with E-state index >= 15 is 4.57 Å². The third kappa shape index (κ3) is 5.22. The third-order valence-electron chi connectivity index (χ3n) is 7.19. The summed E-state index contributed by atoms with van der Waals surface area (Å²) in [5.74, 6) is 1.30. The summed E-state index contributed by atoms with van der Waals surface area (Å²) in [7, 11) is -0.606. The van der Waals surface area contributed by atoms with Crippen LogP contribution >= 0.6 is 29.7 Å². The maximum atomic E-state index is 15.9. The minimum Gasteiger partial charge on any atom is -0.496 e. The van der Waals surface area contributed by atoms with Gasteiger partial charge in [0, 0.05) is 25.9 Å². The van der Waals surface area contributed by atoms with Crippen LogP contribution < -0.4 is 39.6 Å². The number of hydrogen-bond acceptors (Lipinski definition) is 6. The summed E-state index contributed by atoms with van der Waals surface area (Å²) in [6.45, 7) is 7.53. The fraction of sp³-hybridized carbons (Fsp3) is 0.250. The van der Waals surface area contributed by atoms with E-state index in [0.717, 1.165) is 22.3 Å². The van der Waals surface area contributed by atoms with Gasteiger partial charge in [-0.05, 0) is 92.4 Å². The van der Waals surface area contributed by atoms with E-state index in [1.165, 1.54) is 0 Å². The minimum absolute atomic E-state index is 0.0267. The molecule has 6 nitrogen and oxygen atoms in total. The van der Waals surface area contributed by atoms with E-state index in [1.54, 1.807) is 44.6 Å². The molecule has 0 aliphatic carbocycles. The highest BCUT2D eigenvalue weighted by Gasteiger charge is 2.49. The predicted octanol–water partition coefficient (Wildman–Crippen LogP) is 7.63. The molecule has 0 saturated carbocycles. The summed E-state index contributed by atoms with van der Waals surface area (Å²) in [5, 5.41) is 1.35. The van der Waals surface area contributed by atoms with Gasteiger partial charge < -0.3 is 28.2 Å². The Morgan fingerprint density at radius 2 is 1.26 bits per heavy atom. The maximum Gasteiger partial charge on any atom is 0.586 e. The number of hydrogen-bond donors (Lipinski definition) is 0. The van der Waals surface area contributed by atoms with Gasteiger partial charge in [-0.2, -0.15) is 0 Å². The van der Waals surface area contributed by atoms with Gasteiger partial charge in [0.05, 0.1) is 14.2 Å². The van der Waals surface area contributed by atoms with Crippen LogP contribution in [0.25, 0.3) is 0 Å². The zero-order chi connectivity index (χ0) is 30.4. The van der Waals surface area contributed by atoms with Gasteiger partial charge in [-0.3, -0.25) is 0 Å². The van der Waals surface area contributed by atoms with Gasteiger partial charge in [-0.1, -0.05) is 40.8 Å². The number of methoxy groups -OCH3 is 2. The Morgan fingerprint density at radius 1 is 0.786 bits per heavy atom. The van der Waals surface area contributed by atoms with Gasteiger partial charge in [0.1, 0.15) is 17.2 Å². The van der Waals surface area contributed by atoms with E-state index in [4.69, 9.17) is 23.7 Å². The van der Waals surface area contributed by atoms with Crippen LogP contribution in [0.2, 0.25) is 0 Å². The fourth-order valence-electron chi connectivity index (χ4n) is 5.50. The Bertz CT molecular complexity index is 1610. The molecule has 42 heavy (non-hydrogen) atoms. The highest BCUT2D eigenvalue weighted by Crippen LogP contribution is 2.55. The predicted molar refractivity (Wildman–Crippen MR) is 168 cm³/mol. The SMILES string of the molecule is COc1c(C)cc(P(=O)(c2cc(C)c(OC)c(C)c2)c2cc(Oc3ccccc3)c3c(c2CI)OC(F)(F)O3)cc1C. The van der Waals surface area contributed by atoms with Crippen molar-refractivity contribution in [2.75, 3.05) is 14.2 Å². The molecule has 0 radical (unpaired) electrons. The summed E-state index contributed by atoms with van der Waals surface area (Å²) in [6.07, 6.45) is -3.92. The molecule has 0 atom stereocenters. The first-order chi connectivity index (χ1) is 19.9. The van der Waals surface area contributed by atoms with Crippen molar-refractivity contribution in [3.63, 3.8) is 0 Å². The average molecular weight is 706 g/mol. The molecule has 0 spiro atoms. The van der Waals surface area contributed by atoms with Crippen LogP contribution in [0.5, 0.6) is 34.5 Å². The molecule has 4 aromatic rings. The number of fused-ring (bicyclic) bond motifs is 1.